The van der Waals surface area contributed by atoms with Crippen LogP contribution in [-0.2, 0) is 0 Å². The first-order valence-electron chi connectivity index (χ1n) is 5.63. The monoisotopic (exact) mass is 416 g/mol. The third kappa shape index (κ3) is 2.61. The average Bonchev–Trinajstić information content (AvgIpc) is 2.98. The number of ether oxygens (including phenoxy) is 1. The average molecular weight is 418 g/mol. The Kier molecular flexibility index (Phi) is 3.98. The van der Waals surface area contributed by atoms with Crippen LogP contribution in [0.1, 0.15) is 15.3 Å². The number of benzene rings is 1. The minimum absolute atomic E-state index is 0.157. The first-order valence-corrected chi connectivity index (χ1v) is 9.04. The Morgan fingerprint density at radius 1 is 1.16 bits per heavy atom. The summed E-state index contributed by atoms with van der Waals surface area (Å²) in [5.74, 6) is 0.904. The fourth-order valence-corrected chi connectivity index (χ4v) is 5.23. The van der Waals surface area contributed by atoms with Crippen LogP contribution in [0, 0.1) is 0 Å². The zero-order valence-corrected chi connectivity index (χ0v) is 14.8. The molecule has 0 spiro atoms. The summed E-state index contributed by atoms with van der Waals surface area (Å²) in [5.41, 5.74) is 1.14. The van der Waals surface area contributed by atoms with E-state index >= 15 is 0 Å². The molecule has 1 nitrogen and oxygen atoms in total. The van der Waals surface area contributed by atoms with Crippen molar-refractivity contribution in [2.75, 3.05) is 7.11 Å². The summed E-state index contributed by atoms with van der Waals surface area (Å²) < 4.78 is 9.21. The van der Waals surface area contributed by atoms with Crippen LogP contribution in [0.4, 0.5) is 0 Å². The van der Waals surface area contributed by atoms with E-state index in [1.165, 1.54) is 14.3 Å². The van der Waals surface area contributed by atoms with Crippen LogP contribution in [0.5, 0.6) is 5.75 Å². The maximum absolute atomic E-state index is 5.45. The quantitative estimate of drug-likeness (QED) is 0.459. The van der Waals surface area contributed by atoms with Crippen molar-refractivity contribution < 1.29 is 4.74 Å². The molecule has 3 aromatic rings. The highest BCUT2D eigenvalue weighted by atomic mass is 79.9. The van der Waals surface area contributed by atoms with E-state index in [9.17, 15) is 0 Å². The molecule has 5 heteroatoms. The Hall–Kier alpha value is -0.360. The topological polar surface area (TPSA) is 9.23 Å². The Labute approximate surface area is 136 Å². The minimum Gasteiger partial charge on any atom is -0.496 e. The molecular formula is C14H10Br2OS2. The van der Waals surface area contributed by atoms with Gasteiger partial charge in [-0.1, -0.05) is 31.9 Å². The summed E-state index contributed by atoms with van der Waals surface area (Å²) in [7, 11) is 1.71. The lowest BCUT2D eigenvalue weighted by Crippen LogP contribution is -1.95. The minimum atomic E-state index is 0.157. The number of hydrogen-bond acceptors (Lipinski definition) is 3. The van der Waals surface area contributed by atoms with Crippen LogP contribution in [0.15, 0.2) is 40.2 Å². The van der Waals surface area contributed by atoms with Gasteiger partial charge in [0.05, 0.1) is 11.9 Å². The highest BCUT2D eigenvalue weighted by molar-refractivity contribution is 9.10. The molecular weight excluding hydrogens is 408 g/mol. The number of hydrogen-bond donors (Lipinski definition) is 0. The molecule has 0 aliphatic carbocycles. The highest BCUT2D eigenvalue weighted by Gasteiger charge is 2.18. The summed E-state index contributed by atoms with van der Waals surface area (Å²) >= 11 is 10.9. The third-order valence-corrected chi connectivity index (χ3v) is 6.81. The van der Waals surface area contributed by atoms with Crippen molar-refractivity contribution >= 4 is 63.9 Å². The molecule has 0 bridgehead atoms. The number of halogens is 2. The predicted molar refractivity (Wildman–Crippen MR) is 91.2 cm³/mol. The van der Waals surface area contributed by atoms with Gasteiger partial charge < -0.3 is 4.74 Å². The van der Waals surface area contributed by atoms with E-state index in [0.717, 1.165) is 15.8 Å². The van der Waals surface area contributed by atoms with Gasteiger partial charge >= 0.3 is 0 Å². The Morgan fingerprint density at radius 3 is 2.74 bits per heavy atom. The number of rotatable bonds is 3. The molecule has 1 aromatic carbocycles. The Morgan fingerprint density at radius 2 is 2.00 bits per heavy atom. The van der Waals surface area contributed by atoms with Gasteiger partial charge in [-0.25, -0.2) is 0 Å². The van der Waals surface area contributed by atoms with Crippen LogP contribution in [0.3, 0.4) is 0 Å². The SMILES string of the molecule is COc1ccc(Br)cc1C(Br)c1cc2sccc2s1. The summed E-state index contributed by atoms with van der Waals surface area (Å²) in [6.45, 7) is 0. The number of thiophene rings is 2. The Balaban J connectivity index is 2.05. The summed E-state index contributed by atoms with van der Waals surface area (Å²) in [5, 5.41) is 2.13. The van der Waals surface area contributed by atoms with E-state index in [-0.39, 0.29) is 4.83 Å². The maximum atomic E-state index is 5.45. The van der Waals surface area contributed by atoms with Crippen molar-refractivity contribution in [2.24, 2.45) is 0 Å². The lowest BCUT2D eigenvalue weighted by Gasteiger charge is -2.13. The molecule has 2 heterocycles. The molecule has 0 saturated heterocycles. The van der Waals surface area contributed by atoms with Crippen LogP contribution in [0.2, 0.25) is 0 Å². The van der Waals surface area contributed by atoms with Gasteiger partial charge in [0.1, 0.15) is 5.75 Å². The molecule has 0 saturated carbocycles. The van der Waals surface area contributed by atoms with E-state index in [1.54, 1.807) is 18.4 Å². The molecule has 1 atom stereocenters. The second kappa shape index (κ2) is 5.56. The van der Waals surface area contributed by atoms with Crippen molar-refractivity contribution in [1.82, 2.24) is 0 Å². The van der Waals surface area contributed by atoms with Crippen molar-refractivity contribution in [3.63, 3.8) is 0 Å². The normalized spacial score (nSPS) is 12.8. The third-order valence-electron chi connectivity index (χ3n) is 2.87. The van der Waals surface area contributed by atoms with E-state index in [2.05, 4.69) is 55.4 Å². The van der Waals surface area contributed by atoms with Gasteiger partial charge in [0.15, 0.2) is 0 Å². The summed E-state index contributed by atoms with van der Waals surface area (Å²) in [6.07, 6.45) is 0. The molecule has 2 aromatic heterocycles. The second-order valence-electron chi connectivity index (χ2n) is 4.05. The molecule has 3 rings (SSSR count). The van der Waals surface area contributed by atoms with E-state index in [4.69, 9.17) is 4.74 Å². The smallest absolute Gasteiger partial charge is 0.123 e. The van der Waals surface area contributed by atoms with Gasteiger partial charge in [-0.3, -0.25) is 0 Å². The van der Waals surface area contributed by atoms with Gasteiger partial charge in [0, 0.05) is 24.3 Å². The summed E-state index contributed by atoms with van der Waals surface area (Å²) in [4.78, 5) is 1.46. The molecule has 0 fully saturated rings. The van der Waals surface area contributed by atoms with Crippen molar-refractivity contribution in [3.05, 3.63) is 50.6 Å². The standard InChI is InChI=1S/C14H10Br2OS2/c1-17-10-3-2-8(15)6-9(10)14(16)13-7-12-11(19-13)4-5-18-12/h2-7,14H,1H3. The van der Waals surface area contributed by atoms with E-state index < -0.39 is 0 Å². The number of fused-ring (bicyclic) bond motifs is 1. The Bertz CT molecular complexity index is 689. The molecule has 0 aliphatic rings. The van der Waals surface area contributed by atoms with Crippen molar-refractivity contribution in [2.45, 2.75) is 4.83 Å². The van der Waals surface area contributed by atoms with Crippen molar-refractivity contribution in [1.29, 1.82) is 0 Å². The lowest BCUT2D eigenvalue weighted by atomic mass is 10.1. The largest absolute Gasteiger partial charge is 0.496 e. The van der Waals surface area contributed by atoms with Gasteiger partial charge in [0.25, 0.3) is 0 Å². The van der Waals surface area contributed by atoms with Crippen LogP contribution in [0.25, 0.3) is 9.40 Å². The van der Waals surface area contributed by atoms with Crippen LogP contribution < -0.4 is 4.74 Å². The van der Waals surface area contributed by atoms with Crippen LogP contribution in [-0.4, -0.2) is 7.11 Å². The fraction of sp³-hybridized carbons (Fsp3) is 0.143. The number of alkyl halides is 1. The predicted octanol–water partition coefficient (Wildman–Crippen LogP) is 6.22. The molecule has 98 valence electrons. The molecule has 0 amide bonds. The van der Waals surface area contributed by atoms with E-state index in [1.807, 2.05) is 23.5 Å². The van der Waals surface area contributed by atoms with E-state index in [0.29, 0.717) is 0 Å². The molecule has 0 aliphatic heterocycles. The maximum Gasteiger partial charge on any atom is 0.123 e. The molecule has 0 N–H and O–H groups in total. The second-order valence-corrected chi connectivity index (χ2v) is 7.94. The first-order chi connectivity index (χ1) is 9.19. The van der Waals surface area contributed by atoms with Crippen LogP contribution >= 0.6 is 54.5 Å². The van der Waals surface area contributed by atoms with Gasteiger partial charge in [-0.15, -0.1) is 22.7 Å². The molecule has 1 unspecified atom stereocenters. The zero-order valence-electron chi connectivity index (χ0n) is 10.0. The van der Waals surface area contributed by atoms with Gasteiger partial charge in [-0.05, 0) is 35.7 Å². The van der Waals surface area contributed by atoms with Gasteiger partial charge in [0.2, 0.25) is 0 Å². The molecule has 19 heavy (non-hydrogen) atoms. The highest BCUT2D eigenvalue weighted by Crippen LogP contribution is 2.43. The number of methoxy groups -OCH3 is 1. The molecule has 0 radical (unpaired) electrons. The van der Waals surface area contributed by atoms with Crippen molar-refractivity contribution in [3.8, 4) is 5.75 Å². The van der Waals surface area contributed by atoms with Gasteiger partial charge in [-0.2, -0.15) is 0 Å². The zero-order chi connectivity index (χ0) is 13.4. The summed E-state index contributed by atoms with van der Waals surface area (Å²) in [6, 6.07) is 10.5. The lowest BCUT2D eigenvalue weighted by molar-refractivity contribution is 0.410. The first kappa shape index (κ1) is 13.6. The fourth-order valence-electron chi connectivity index (χ4n) is 1.97.